The zero-order valence-corrected chi connectivity index (χ0v) is 13.3. The van der Waals surface area contributed by atoms with Crippen molar-refractivity contribution in [2.75, 3.05) is 20.1 Å². The van der Waals surface area contributed by atoms with Crippen LogP contribution in [-0.2, 0) is 13.1 Å². The number of hydrogen-bond donors (Lipinski definition) is 2. The predicted octanol–water partition coefficient (Wildman–Crippen LogP) is 0.971. The zero-order chi connectivity index (χ0) is 15.6. The van der Waals surface area contributed by atoms with Crippen molar-refractivity contribution >= 4 is 5.96 Å². The summed E-state index contributed by atoms with van der Waals surface area (Å²) >= 11 is 0. The van der Waals surface area contributed by atoms with Gasteiger partial charge in [0.15, 0.2) is 5.96 Å². The smallest absolute Gasteiger partial charge is 0.190 e. The van der Waals surface area contributed by atoms with Gasteiger partial charge in [-0.1, -0.05) is 6.92 Å². The number of guanidine groups is 1. The van der Waals surface area contributed by atoms with Crippen molar-refractivity contribution in [2.24, 2.45) is 10.9 Å². The molecular formula is C15H25N7. The van der Waals surface area contributed by atoms with Gasteiger partial charge in [0.1, 0.15) is 0 Å². The lowest BCUT2D eigenvalue weighted by Crippen LogP contribution is -2.40. The Bertz CT molecular complexity index is 530. The highest BCUT2D eigenvalue weighted by atomic mass is 15.3. The third-order valence-electron chi connectivity index (χ3n) is 3.32. The number of nitrogens with one attached hydrogen (secondary N) is 2. The minimum absolute atomic E-state index is 0.475. The standard InChI is InChI=1S/C15H25N7/c1-14(13-22-11-5-8-20-22)12-18-15(16-2)17-6-3-9-21-10-4-7-19-21/h4-5,7-8,10-11,14H,3,6,9,12-13H2,1-2H3,(H2,16,17,18). The summed E-state index contributed by atoms with van der Waals surface area (Å²) in [6, 6.07) is 3.88. The molecule has 7 heteroatoms. The quantitative estimate of drug-likeness (QED) is 0.433. The van der Waals surface area contributed by atoms with Crippen LogP contribution in [0.3, 0.4) is 0 Å². The Morgan fingerprint density at radius 3 is 2.50 bits per heavy atom. The Labute approximate surface area is 131 Å². The molecule has 0 bridgehead atoms. The van der Waals surface area contributed by atoms with Crippen LogP contribution in [0.5, 0.6) is 0 Å². The maximum absolute atomic E-state index is 4.24. The van der Waals surface area contributed by atoms with Gasteiger partial charge in [0.2, 0.25) is 0 Å². The van der Waals surface area contributed by atoms with Gasteiger partial charge in [-0.05, 0) is 24.5 Å². The molecule has 7 nitrogen and oxygen atoms in total. The van der Waals surface area contributed by atoms with Gasteiger partial charge in [-0.2, -0.15) is 10.2 Å². The first kappa shape index (κ1) is 16.1. The van der Waals surface area contributed by atoms with E-state index in [2.05, 4.69) is 32.7 Å². The molecule has 2 N–H and O–H groups in total. The van der Waals surface area contributed by atoms with Gasteiger partial charge >= 0.3 is 0 Å². The Hall–Kier alpha value is -2.31. The van der Waals surface area contributed by atoms with E-state index in [0.717, 1.165) is 38.6 Å². The van der Waals surface area contributed by atoms with Crippen molar-refractivity contribution in [3.05, 3.63) is 36.9 Å². The second kappa shape index (κ2) is 8.86. The first-order valence-corrected chi connectivity index (χ1v) is 7.67. The molecule has 0 aliphatic heterocycles. The Morgan fingerprint density at radius 1 is 1.14 bits per heavy atom. The topological polar surface area (TPSA) is 72.1 Å². The van der Waals surface area contributed by atoms with Crippen LogP contribution < -0.4 is 10.6 Å². The molecule has 2 rings (SSSR count). The van der Waals surface area contributed by atoms with Gasteiger partial charge in [0.05, 0.1) is 0 Å². The number of aromatic nitrogens is 4. The van der Waals surface area contributed by atoms with Gasteiger partial charge in [-0.15, -0.1) is 0 Å². The van der Waals surface area contributed by atoms with E-state index in [0.29, 0.717) is 5.92 Å². The van der Waals surface area contributed by atoms with Crippen LogP contribution in [0.15, 0.2) is 41.9 Å². The molecule has 0 aromatic carbocycles. The third-order valence-corrected chi connectivity index (χ3v) is 3.32. The molecule has 2 heterocycles. The minimum atomic E-state index is 0.475. The first-order chi connectivity index (χ1) is 10.8. The van der Waals surface area contributed by atoms with E-state index in [-0.39, 0.29) is 0 Å². The first-order valence-electron chi connectivity index (χ1n) is 7.67. The highest BCUT2D eigenvalue weighted by molar-refractivity contribution is 5.79. The van der Waals surface area contributed by atoms with Gasteiger partial charge in [-0.3, -0.25) is 14.4 Å². The number of aryl methyl sites for hydroxylation is 1. The van der Waals surface area contributed by atoms with E-state index in [1.807, 2.05) is 33.9 Å². The maximum atomic E-state index is 4.24. The summed E-state index contributed by atoms with van der Waals surface area (Å²) in [5.41, 5.74) is 0. The van der Waals surface area contributed by atoms with Crippen LogP contribution in [0.25, 0.3) is 0 Å². The highest BCUT2D eigenvalue weighted by Crippen LogP contribution is 1.97. The fraction of sp³-hybridized carbons (Fsp3) is 0.533. The molecule has 1 unspecified atom stereocenters. The number of hydrogen-bond acceptors (Lipinski definition) is 3. The summed E-state index contributed by atoms with van der Waals surface area (Å²) in [6.07, 6.45) is 8.57. The van der Waals surface area contributed by atoms with Gasteiger partial charge in [-0.25, -0.2) is 0 Å². The summed E-state index contributed by atoms with van der Waals surface area (Å²) in [6.45, 7) is 5.73. The molecule has 22 heavy (non-hydrogen) atoms. The summed E-state index contributed by atoms with van der Waals surface area (Å²) in [4.78, 5) is 4.24. The van der Waals surface area contributed by atoms with Crippen LogP contribution in [0.2, 0.25) is 0 Å². The molecule has 0 aliphatic carbocycles. The van der Waals surface area contributed by atoms with Crippen molar-refractivity contribution in [3.8, 4) is 0 Å². The molecule has 0 amide bonds. The summed E-state index contributed by atoms with van der Waals surface area (Å²) in [5.74, 6) is 1.32. The molecule has 0 radical (unpaired) electrons. The molecule has 0 saturated carbocycles. The second-order valence-electron chi connectivity index (χ2n) is 5.34. The average Bonchev–Trinajstić information content (AvgIpc) is 3.20. The predicted molar refractivity (Wildman–Crippen MR) is 87.6 cm³/mol. The average molecular weight is 303 g/mol. The van der Waals surface area contributed by atoms with Gasteiger partial charge in [0, 0.05) is 58.0 Å². The Kier molecular flexibility index (Phi) is 6.47. The number of aliphatic imine (C=N–C) groups is 1. The van der Waals surface area contributed by atoms with E-state index in [1.54, 1.807) is 19.4 Å². The molecular weight excluding hydrogens is 278 g/mol. The van der Waals surface area contributed by atoms with Crippen molar-refractivity contribution < 1.29 is 0 Å². The second-order valence-corrected chi connectivity index (χ2v) is 5.34. The molecule has 120 valence electrons. The van der Waals surface area contributed by atoms with Crippen LogP contribution >= 0.6 is 0 Å². The number of rotatable bonds is 8. The summed E-state index contributed by atoms with van der Waals surface area (Å²) < 4.78 is 3.89. The SMILES string of the molecule is CN=C(NCCCn1cccn1)NCC(C)Cn1cccn1. The lowest BCUT2D eigenvalue weighted by atomic mass is 10.2. The molecule has 0 aliphatic rings. The lowest BCUT2D eigenvalue weighted by molar-refractivity contribution is 0.443. The maximum Gasteiger partial charge on any atom is 0.190 e. The number of nitrogens with zero attached hydrogens (tertiary/aromatic N) is 5. The van der Waals surface area contributed by atoms with E-state index in [4.69, 9.17) is 0 Å². The molecule has 2 aromatic rings. The van der Waals surface area contributed by atoms with Crippen LogP contribution in [0.1, 0.15) is 13.3 Å². The Morgan fingerprint density at radius 2 is 1.86 bits per heavy atom. The third kappa shape index (κ3) is 5.59. The van der Waals surface area contributed by atoms with Crippen molar-refractivity contribution in [1.82, 2.24) is 30.2 Å². The molecule has 0 fully saturated rings. The molecule has 2 aromatic heterocycles. The summed E-state index contributed by atoms with van der Waals surface area (Å²) in [5, 5.41) is 15.1. The van der Waals surface area contributed by atoms with Gasteiger partial charge < -0.3 is 10.6 Å². The lowest BCUT2D eigenvalue weighted by Gasteiger charge is -2.16. The highest BCUT2D eigenvalue weighted by Gasteiger charge is 2.05. The van der Waals surface area contributed by atoms with Crippen LogP contribution in [0, 0.1) is 5.92 Å². The largest absolute Gasteiger partial charge is 0.356 e. The van der Waals surface area contributed by atoms with E-state index in [1.165, 1.54) is 0 Å². The van der Waals surface area contributed by atoms with E-state index in [9.17, 15) is 0 Å². The minimum Gasteiger partial charge on any atom is -0.356 e. The molecule has 1 atom stereocenters. The fourth-order valence-corrected chi connectivity index (χ4v) is 2.16. The van der Waals surface area contributed by atoms with E-state index < -0.39 is 0 Å². The Balaban J connectivity index is 1.60. The van der Waals surface area contributed by atoms with E-state index >= 15 is 0 Å². The summed E-state index contributed by atoms with van der Waals surface area (Å²) in [7, 11) is 1.79. The van der Waals surface area contributed by atoms with Crippen LogP contribution in [-0.4, -0.2) is 45.7 Å². The van der Waals surface area contributed by atoms with Crippen molar-refractivity contribution in [1.29, 1.82) is 0 Å². The van der Waals surface area contributed by atoms with Crippen molar-refractivity contribution in [3.63, 3.8) is 0 Å². The zero-order valence-electron chi connectivity index (χ0n) is 13.3. The normalized spacial score (nSPS) is 13.1. The fourth-order valence-electron chi connectivity index (χ4n) is 2.16. The van der Waals surface area contributed by atoms with Gasteiger partial charge in [0.25, 0.3) is 0 Å². The molecule has 0 spiro atoms. The van der Waals surface area contributed by atoms with Crippen LogP contribution in [0.4, 0.5) is 0 Å². The molecule has 0 saturated heterocycles. The van der Waals surface area contributed by atoms with Crippen molar-refractivity contribution in [2.45, 2.75) is 26.4 Å². The monoisotopic (exact) mass is 303 g/mol.